The van der Waals surface area contributed by atoms with Crippen molar-refractivity contribution in [2.24, 2.45) is 0 Å². The summed E-state index contributed by atoms with van der Waals surface area (Å²) in [5, 5.41) is 3.47. The first kappa shape index (κ1) is 13.6. The first-order valence-electron chi connectivity index (χ1n) is 6.90. The summed E-state index contributed by atoms with van der Waals surface area (Å²) in [6, 6.07) is 14.0. The molecule has 1 aliphatic rings. The lowest BCUT2D eigenvalue weighted by atomic mass is 9.75. The van der Waals surface area contributed by atoms with Gasteiger partial charge in [0.25, 0.3) is 0 Å². The average Bonchev–Trinajstić information content (AvgIpc) is 2.35. The van der Waals surface area contributed by atoms with Gasteiger partial charge in [-0.1, -0.05) is 29.8 Å². The van der Waals surface area contributed by atoms with Crippen LogP contribution in [0.4, 0.5) is 10.1 Å². The van der Waals surface area contributed by atoms with E-state index in [9.17, 15) is 4.39 Å². The van der Waals surface area contributed by atoms with E-state index in [1.807, 2.05) is 0 Å². The number of nitrogens with one attached hydrogen (secondary N) is 1. The van der Waals surface area contributed by atoms with Crippen molar-refractivity contribution < 1.29 is 4.39 Å². The van der Waals surface area contributed by atoms with E-state index in [-0.39, 0.29) is 5.82 Å². The van der Waals surface area contributed by atoms with Gasteiger partial charge in [0.1, 0.15) is 5.82 Å². The molecule has 1 saturated carbocycles. The molecule has 3 heteroatoms. The second-order valence-electron chi connectivity index (χ2n) is 5.55. The minimum absolute atomic E-state index is 0.214. The molecule has 0 heterocycles. The van der Waals surface area contributed by atoms with Crippen molar-refractivity contribution in [1.29, 1.82) is 0 Å². The zero-order valence-electron chi connectivity index (χ0n) is 11.4. The highest BCUT2D eigenvalue weighted by molar-refractivity contribution is 9.10. The Balaban J connectivity index is 1.61. The van der Waals surface area contributed by atoms with Gasteiger partial charge in [-0.25, -0.2) is 4.39 Å². The standard InChI is InChI=1S/C17H17BrFN/c1-11-3-2-4-12(7-11)13-8-15(9-13)20-17-6-5-14(19)10-16(17)18/h2-7,10,13,15,20H,8-9H2,1H3. The van der Waals surface area contributed by atoms with Crippen molar-refractivity contribution in [2.45, 2.75) is 31.7 Å². The Hall–Kier alpha value is -1.35. The molecule has 0 saturated heterocycles. The summed E-state index contributed by atoms with van der Waals surface area (Å²) in [6.07, 6.45) is 2.26. The topological polar surface area (TPSA) is 12.0 Å². The predicted molar refractivity (Wildman–Crippen MR) is 84.7 cm³/mol. The fourth-order valence-electron chi connectivity index (χ4n) is 2.76. The summed E-state index contributed by atoms with van der Waals surface area (Å²) in [7, 11) is 0. The normalized spacial score (nSPS) is 21.4. The first-order chi connectivity index (χ1) is 9.61. The largest absolute Gasteiger partial charge is 0.381 e. The van der Waals surface area contributed by atoms with Gasteiger partial charge in [0.2, 0.25) is 0 Å². The number of benzene rings is 2. The molecular weight excluding hydrogens is 317 g/mol. The summed E-state index contributed by atoms with van der Waals surface area (Å²) in [6.45, 7) is 2.13. The summed E-state index contributed by atoms with van der Waals surface area (Å²) in [5.41, 5.74) is 3.72. The predicted octanol–water partition coefficient (Wildman–Crippen LogP) is 5.25. The molecule has 0 unspecified atom stereocenters. The summed E-state index contributed by atoms with van der Waals surface area (Å²) < 4.78 is 13.8. The molecule has 1 fully saturated rings. The molecule has 0 bridgehead atoms. The molecule has 1 nitrogen and oxygen atoms in total. The van der Waals surface area contributed by atoms with E-state index in [0.717, 1.165) is 23.0 Å². The van der Waals surface area contributed by atoms with Crippen molar-refractivity contribution in [2.75, 3.05) is 5.32 Å². The highest BCUT2D eigenvalue weighted by Crippen LogP contribution is 2.39. The lowest BCUT2D eigenvalue weighted by Gasteiger charge is -2.37. The second kappa shape index (κ2) is 5.57. The molecule has 104 valence electrons. The van der Waals surface area contributed by atoms with E-state index >= 15 is 0 Å². The van der Waals surface area contributed by atoms with Gasteiger partial charge < -0.3 is 5.32 Å². The third kappa shape index (κ3) is 2.88. The average molecular weight is 334 g/mol. The molecule has 0 amide bonds. The van der Waals surface area contributed by atoms with Gasteiger partial charge >= 0.3 is 0 Å². The molecule has 0 aliphatic heterocycles. The van der Waals surface area contributed by atoms with Crippen LogP contribution in [0.5, 0.6) is 0 Å². The zero-order valence-corrected chi connectivity index (χ0v) is 13.0. The monoisotopic (exact) mass is 333 g/mol. The fraction of sp³-hybridized carbons (Fsp3) is 0.294. The number of hydrogen-bond donors (Lipinski definition) is 1. The van der Waals surface area contributed by atoms with Crippen LogP contribution in [-0.4, -0.2) is 6.04 Å². The van der Waals surface area contributed by atoms with Crippen molar-refractivity contribution in [1.82, 2.24) is 0 Å². The molecule has 0 aromatic heterocycles. The number of aryl methyl sites for hydroxylation is 1. The van der Waals surface area contributed by atoms with Crippen LogP contribution in [0.1, 0.15) is 29.9 Å². The summed E-state index contributed by atoms with van der Waals surface area (Å²) >= 11 is 3.40. The lowest BCUT2D eigenvalue weighted by Crippen LogP contribution is -2.34. The van der Waals surface area contributed by atoms with Crippen molar-refractivity contribution in [3.05, 3.63) is 63.9 Å². The maximum atomic E-state index is 13.0. The molecule has 2 aromatic rings. The summed E-state index contributed by atoms with van der Waals surface area (Å²) in [4.78, 5) is 0. The van der Waals surface area contributed by atoms with Gasteiger partial charge in [0, 0.05) is 16.2 Å². The Morgan fingerprint density at radius 3 is 2.65 bits per heavy atom. The van der Waals surface area contributed by atoms with Crippen LogP contribution in [0.15, 0.2) is 46.9 Å². The lowest BCUT2D eigenvalue weighted by molar-refractivity contribution is 0.374. The molecule has 1 N–H and O–H groups in total. The third-order valence-electron chi connectivity index (χ3n) is 3.94. The first-order valence-corrected chi connectivity index (χ1v) is 7.69. The van der Waals surface area contributed by atoms with Crippen LogP contribution in [-0.2, 0) is 0 Å². The van der Waals surface area contributed by atoms with E-state index in [2.05, 4.69) is 52.4 Å². The summed E-state index contributed by atoms with van der Waals surface area (Å²) in [5.74, 6) is 0.431. The van der Waals surface area contributed by atoms with Crippen LogP contribution < -0.4 is 5.32 Å². The van der Waals surface area contributed by atoms with Crippen molar-refractivity contribution in [3.63, 3.8) is 0 Å². The van der Waals surface area contributed by atoms with Crippen LogP contribution >= 0.6 is 15.9 Å². The Labute approximate surface area is 127 Å². The molecule has 3 rings (SSSR count). The Morgan fingerprint density at radius 1 is 1.15 bits per heavy atom. The van der Waals surface area contributed by atoms with E-state index in [1.165, 1.54) is 23.3 Å². The Kier molecular flexibility index (Phi) is 3.79. The zero-order chi connectivity index (χ0) is 14.1. The smallest absolute Gasteiger partial charge is 0.124 e. The molecular formula is C17H17BrFN. The molecule has 2 aromatic carbocycles. The van der Waals surface area contributed by atoms with Crippen LogP contribution in [0.3, 0.4) is 0 Å². The number of hydrogen-bond acceptors (Lipinski definition) is 1. The minimum atomic E-state index is -0.214. The van der Waals surface area contributed by atoms with Crippen LogP contribution in [0.2, 0.25) is 0 Å². The quantitative estimate of drug-likeness (QED) is 0.808. The van der Waals surface area contributed by atoms with Gasteiger partial charge in [0.15, 0.2) is 0 Å². The molecule has 0 radical (unpaired) electrons. The maximum absolute atomic E-state index is 13.0. The molecule has 0 spiro atoms. The molecule has 1 aliphatic carbocycles. The SMILES string of the molecule is Cc1cccc(C2CC(Nc3ccc(F)cc3Br)C2)c1. The minimum Gasteiger partial charge on any atom is -0.381 e. The van der Waals surface area contributed by atoms with Gasteiger partial charge in [-0.3, -0.25) is 0 Å². The molecule has 0 atom stereocenters. The molecule has 20 heavy (non-hydrogen) atoms. The van der Waals surface area contributed by atoms with Gasteiger partial charge in [-0.05, 0) is 65.4 Å². The van der Waals surface area contributed by atoms with Gasteiger partial charge in [-0.15, -0.1) is 0 Å². The van der Waals surface area contributed by atoms with E-state index < -0.39 is 0 Å². The Bertz CT molecular complexity index is 620. The highest BCUT2D eigenvalue weighted by Gasteiger charge is 2.30. The van der Waals surface area contributed by atoms with Crippen molar-refractivity contribution >= 4 is 21.6 Å². The fourth-order valence-corrected chi connectivity index (χ4v) is 3.22. The second-order valence-corrected chi connectivity index (χ2v) is 6.40. The van der Waals surface area contributed by atoms with E-state index in [4.69, 9.17) is 0 Å². The van der Waals surface area contributed by atoms with Crippen LogP contribution in [0.25, 0.3) is 0 Å². The number of anilines is 1. The van der Waals surface area contributed by atoms with Crippen molar-refractivity contribution in [3.8, 4) is 0 Å². The van der Waals surface area contributed by atoms with Crippen LogP contribution in [0, 0.1) is 12.7 Å². The van der Waals surface area contributed by atoms with Gasteiger partial charge in [-0.2, -0.15) is 0 Å². The number of halogens is 2. The maximum Gasteiger partial charge on any atom is 0.124 e. The van der Waals surface area contributed by atoms with E-state index in [1.54, 1.807) is 6.07 Å². The third-order valence-corrected chi connectivity index (χ3v) is 4.60. The highest BCUT2D eigenvalue weighted by atomic mass is 79.9. The van der Waals surface area contributed by atoms with E-state index in [0.29, 0.717) is 12.0 Å². The Morgan fingerprint density at radius 2 is 1.95 bits per heavy atom. The van der Waals surface area contributed by atoms with Gasteiger partial charge in [0.05, 0.1) is 0 Å². The number of rotatable bonds is 3.